The molecule has 0 saturated heterocycles. The highest BCUT2D eigenvalue weighted by atomic mass is 19.1. The first-order valence-electron chi connectivity index (χ1n) is 6.55. The van der Waals surface area contributed by atoms with Crippen molar-refractivity contribution >= 4 is 0 Å². The highest BCUT2D eigenvalue weighted by molar-refractivity contribution is 5.64. The maximum absolute atomic E-state index is 13.3. The first-order valence-corrected chi connectivity index (χ1v) is 6.55. The molecule has 0 atom stereocenters. The van der Waals surface area contributed by atoms with Gasteiger partial charge in [-0.1, -0.05) is 6.07 Å². The Labute approximate surface area is 122 Å². The van der Waals surface area contributed by atoms with Crippen molar-refractivity contribution in [2.45, 2.75) is 6.92 Å². The van der Waals surface area contributed by atoms with Gasteiger partial charge in [0, 0.05) is 11.1 Å². The van der Waals surface area contributed by atoms with Gasteiger partial charge >= 0.3 is 0 Å². The molecule has 0 amide bonds. The van der Waals surface area contributed by atoms with E-state index in [4.69, 9.17) is 9.15 Å². The maximum Gasteiger partial charge on any atom is 0.227 e. The van der Waals surface area contributed by atoms with E-state index in [0.29, 0.717) is 17.2 Å². The molecule has 0 aliphatic carbocycles. The minimum atomic E-state index is -0.311. The van der Waals surface area contributed by atoms with E-state index in [9.17, 15) is 4.39 Å². The summed E-state index contributed by atoms with van der Waals surface area (Å²) in [6, 6.07) is 13.7. The number of hydrogen-bond donors (Lipinski definition) is 0. The monoisotopic (exact) mass is 283 g/mol. The van der Waals surface area contributed by atoms with Crippen molar-refractivity contribution in [3.05, 3.63) is 60.0 Å². The van der Waals surface area contributed by atoms with Gasteiger partial charge < -0.3 is 9.15 Å². The fraction of sp³-hybridized carbons (Fsp3) is 0.118. The SMILES string of the molecule is COc1ccc(-c2oc(-c3cccc(F)c3)nc2C)cc1. The lowest BCUT2D eigenvalue weighted by Gasteiger charge is -2.01. The number of aryl methyl sites for hydroxylation is 1. The first kappa shape index (κ1) is 13.4. The lowest BCUT2D eigenvalue weighted by Crippen LogP contribution is -1.83. The molecule has 3 rings (SSSR count). The molecule has 0 radical (unpaired) electrons. The second-order valence-electron chi connectivity index (χ2n) is 4.67. The van der Waals surface area contributed by atoms with Crippen molar-refractivity contribution in [2.75, 3.05) is 7.11 Å². The number of benzene rings is 2. The van der Waals surface area contributed by atoms with E-state index >= 15 is 0 Å². The van der Waals surface area contributed by atoms with E-state index in [1.165, 1.54) is 12.1 Å². The van der Waals surface area contributed by atoms with E-state index in [0.717, 1.165) is 17.0 Å². The molecular formula is C17H14FNO2. The predicted octanol–water partition coefficient (Wildman–Crippen LogP) is 4.46. The molecule has 21 heavy (non-hydrogen) atoms. The van der Waals surface area contributed by atoms with Crippen LogP contribution in [0.15, 0.2) is 52.9 Å². The summed E-state index contributed by atoms with van der Waals surface area (Å²) in [5, 5.41) is 0. The number of rotatable bonds is 3. The normalized spacial score (nSPS) is 10.6. The molecule has 0 aliphatic rings. The Morgan fingerprint density at radius 3 is 2.48 bits per heavy atom. The molecule has 0 spiro atoms. The average Bonchev–Trinajstić information content (AvgIpc) is 2.89. The van der Waals surface area contributed by atoms with Crippen LogP contribution in [0.3, 0.4) is 0 Å². The van der Waals surface area contributed by atoms with Gasteiger partial charge in [0.15, 0.2) is 5.76 Å². The zero-order chi connectivity index (χ0) is 14.8. The first-order chi connectivity index (χ1) is 10.2. The van der Waals surface area contributed by atoms with Crippen molar-refractivity contribution in [3.8, 4) is 28.5 Å². The number of hydrogen-bond acceptors (Lipinski definition) is 3. The topological polar surface area (TPSA) is 35.3 Å². The van der Waals surface area contributed by atoms with Crippen molar-refractivity contribution < 1.29 is 13.5 Å². The second kappa shape index (κ2) is 5.40. The Hall–Kier alpha value is -2.62. The lowest BCUT2D eigenvalue weighted by atomic mass is 10.1. The van der Waals surface area contributed by atoms with Crippen molar-refractivity contribution in [1.29, 1.82) is 0 Å². The molecular weight excluding hydrogens is 269 g/mol. The third-order valence-electron chi connectivity index (χ3n) is 3.22. The predicted molar refractivity (Wildman–Crippen MR) is 78.6 cm³/mol. The van der Waals surface area contributed by atoms with Gasteiger partial charge in [0.05, 0.1) is 12.8 Å². The molecule has 1 aromatic heterocycles. The Bertz CT molecular complexity index is 763. The van der Waals surface area contributed by atoms with Gasteiger partial charge in [-0.3, -0.25) is 0 Å². The molecule has 106 valence electrons. The third-order valence-corrected chi connectivity index (χ3v) is 3.22. The Balaban J connectivity index is 2.01. The van der Waals surface area contributed by atoms with Crippen LogP contribution in [0.5, 0.6) is 5.75 Å². The number of aromatic nitrogens is 1. The van der Waals surface area contributed by atoms with Gasteiger partial charge in [0.25, 0.3) is 0 Å². The van der Waals surface area contributed by atoms with Gasteiger partial charge in [-0.05, 0) is 49.4 Å². The Morgan fingerprint density at radius 2 is 1.81 bits per heavy atom. The summed E-state index contributed by atoms with van der Waals surface area (Å²) in [4.78, 5) is 4.38. The minimum Gasteiger partial charge on any atom is -0.497 e. The van der Waals surface area contributed by atoms with Gasteiger partial charge in [0.2, 0.25) is 5.89 Å². The van der Waals surface area contributed by atoms with E-state index in [1.54, 1.807) is 19.2 Å². The summed E-state index contributed by atoms with van der Waals surface area (Å²) in [6.07, 6.45) is 0. The highest BCUT2D eigenvalue weighted by Crippen LogP contribution is 2.30. The Morgan fingerprint density at radius 1 is 1.05 bits per heavy atom. The van der Waals surface area contributed by atoms with Crippen LogP contribution in [0.2, 0.25) is 0 Å². The van der Waals surface area contributed by atoms with Crippen LogP contribution in [0, 0.1) is 12.7 Å². The Kier molecular flexibility index (Phi) is 3.44. The van der Waals surface area contributed by atoms with Gasteiger partial charge in [-0.15, -0.1) is 0 Å². The molecule has 0 bridgehead atoms. The second-order valence-corrected chi connectivity index (χ2v) is 4.67. The average molecular weight is 283 g/mol. The fourth-order valence-corrected chi connectivity index (χ4v) is 2.15. The van der Waals surface area contributed by atoms with E-state index in [2.05, 4.69) is 4.98 Å². The van der Waals surface area contributed by atoms with Crippen molar-refractivity contribution in [3.63, 3.8) is 0 Å². The lowest BCUT2D eigenvalue weighted by molar-refractivity contribution is 0.415. The summed E-state index contributed by atoms with van der Waals surface area (Å²) in [6.45, 7) is 1.87. The van der Waals surface area contributed by atoms with Crippen molar-refractivity contribution in [1.82, 2.24) is 4.98 Å². The molecule has 0 aliphatic heterocycles. The van der Waals surface area contributed by atoms with Crippen LogP contribution in [-0.2, 0) is 0 Å². The molecule has 0 fully saturated rings. The van der Waals surface area contributed by atoms with Gasteiger partial charge in [0.1, 0.15) is 11.6 Å². The fourth-order valence-electron chi connectivity index (χ4n) is 2.15. The summed E-state index contributed by atoms with van der Waals surface area (Å²) < 4.78 is 24.2. The molecule has 2 aromatic carbocycles. The number of oxazole rings is 1. The number of ether oxygens (including phenoxy) is 1. The summed E-state index contributed by atoms with van der Waals surface area (Å²) >= 11 is 0. The summed E-state index contributed by atoms with van der Waals surface area (Å²) in [5.41, 5.74) is 2.29. The quantitative estimate of drug-likeness (QED) is 0.711. The number of nitrogens with zero attached hydrogens (tertiary/aromatic N) is 1. The highest BCUT2D eigenvalue weighted by Gasteiger charge is 2.13. The van der Waals surface area contributed by atoms with Crippen LogP contribution >= 0.6 is 0 Å². The summed E-state index contributed by atoms with van der Waals surface area (Å²) in [5.74, 6) is 1.56. The molecule has 4 heteroatoms. The zero-order valence-electron chi connectivity index (χ0n) is 11.8. The molecule has 3 aromatic rings. The molecule has 0 unspecified atom stereocenters. The third kappa shape index (κ3) is 2.65. The van der Waals surface area contributed by atoms with Gasteiger partial charge in [-0.2, -0.15) is 0 Å². The maximum atomic E-state index is 13.3. The summed E-state index contributed by atoms with van der Waals surface area (Å²) in [7, 11) is 1.62. The van der Waals surface area contributed by atoms with Crippen molar-refractivity contribution in [2.24, 2.45) is 0 Å². The van der Waals surface area contributed by atoms with Crippen LogP contribution in [0.4, 0.5) is 4.39 Å². The van der Waals surface area contributed by atoms with Crippen LogP contribution in [0.1, 0.15) is 5.69 Å². The van der Waals surface area contributed by atoms with Gasteiger partial charge in [-0.25, -0.2) is 9.37 Å². The van der Waals surface area contributed by atoms with E-state index in [1.807, 2.05) is 31.2 Å². The van der Waals surface area contributed by atoms with E-state index in [-0.39, 0.29) is 5.82 Å². The largest absolute Gasteiger partial charge is 0.497 e. The molecule has 3 nitrogen and oxygen atoms in total. The number of halogens is 1. The van der Waals surface area contributed by atoms with Crippen LogP contribution < -0.4 is 4.74 Å². The van der Waals surface area contributed by atoms with Crippen LogP contribution in [-0.4, -0.2) is 12.1 Å². The van der Waals surface area contributed by atoms with E-state index < -0.39 is 0 Å². The zero-order valence-corrected chi connectivity index (χ0v) is 11.8. The molecule has 1 heterocycles. The molecule has 0 saturated carbocycles. The standard InChI is InChI=1S/C17H14FNO2/c1-11-16(12-6-8-15(20-2)9-7-12)21-17(19-11)13-4-3-5-14(18)10-13/h3-10H,1-2H3. The number of methoxy groups -OCH3 is 1. The minimum absolute atomic E-state index is 0.311. The smallest absolute Gasteiger partial charge is 0.227 e. The van der Waals surface area contributed by atoms with Crippen LogP contribution in [0.25, 0.3) is 22.8 Å². The molecule has 0 N–H and O–H groups in total.